The predicted octanol–water partition coefficient (Wildman–Crippen LogP) is 2.81. The minimum Gasteiger partial charge on any atom is -0.362 e. The van der Waals surface area contributed by atoms with Crippen LogP contribution in [0.5, 0.6) is 0 Å². The minimum absolute atomic E-state index is 0.194. The van der Waals surface area contributed by atoms with Gasteiger partial charge in [-0.25, -0.2) is 14.4 Å². The molecule has 0 bridgehead atoms. The van der Waals surface area contributed by atoms with E-state index in [0.29, 0.717) is 12.5 Å². The van der Waals surface area contributed by atoms with Crippen LogP contribution >= 0.6 is 11.3 Å². The molecule has 0 saturated heterocycles. The Bertz CT molecular complexity index is 543. The maximum absolute atomic E-state index is 13.6. The maximum Gasteiger partial charge on any atom is 0.224 e. The zero-order valence-electron chi connectivity index (χ0n) is 10.9. The van der Waals surface area contributed by atoms with Gasteiger partial charge in [0.05, 0.1) is 23.4 Å². The molecule has 0 saturated carbocycles. The molecule has 5 nitrogen and oxygen atoms in total. The Kier molecular flexibility index (Phi) is 4.62. The molecule has 0 spiro atoms. The van der Waals surface area contributed by atoms with E-state index in [4.69, 9.17) is 0 Å². The van der Waals surface area contributed by atoms with Crippen LogP contribution in [0.2, 0.25) is 0 Å². The van der Waals surface area contributed by atoms with E-state index < -0.39 is 5.82 Å². The fourth-order valence-electron chi connectivity index (χ4n) is 1.48. The molecule has 0 fully saturated rings. The lowest BCUT2D eigenvalue weighted by Gasteiger charge is -2.07. The number of aromatic nitrogens is 3. The van der Waals surface area contributed by atoms with Gasteiger partial charge < -0.3 is 10.6 Å². The molecule has 0 aromatic carbocycles. The second-order valence-electron chi connectivity index (χ2n) is 4.03. The van der Waals surface area contributed by atoms with Crippen LogP contribution in [0.1, 0.15) is 24.0 Å². The second-order valence-corrected chi connectivity index (χ2v) is 5.09. The van der Waals surface area contributed by atoms with E-state index in [9.17, 15) is 4.39 Å². The first-order valence-electron chi connectivity index (χ1n) is 6.10. The molecule has 0 aliphatic heterocycles. The molecule has 2 aromatic rings. The second kappa shape index (κ2) is 6.42. The summed E-state index contributed by atoms with van der Waals surface area (Å²) in [5, 5.41) is 8.89. The Balaban J connectivity index is 2.02. The zero-order valence-corrected chi connectivity index (χ0v) is 11.7. The monoisotopic (exact) mass is 281 g/mol. The van der Waals surface area contributed by atoms with Crippen molar-refractivity contribution in [3.63, 3.8) is 0 Å². The molecule has 7 heteroatoms. The van der Waals surface area contributed by atoms with Gasteiger partial charge in [0.15, 0.2) is 11.6 Å². The summed E-state index contributed by atoms with van der Waals surface area (Å²) < 4.78 is 13.6. The Morgan fingerprint density at radius 1 is 1.32 bits per heavy atom. The van der Waals surface area contributed by atoms with Gasteiger partial charge in [-0.1, -0.05) is 6.92 Å². The van der Waals surface area contributed by atoms with Gasteiger partial charge in [0, 0.05) is 11.9 Å². The Morgan fingerprint density at radius 2 is 2.16 bits per heavy atom. The number of hydrogen-bond donors (Lipinski definition) is 2. The van der Waals surface area contributed by atoms with Gasteiger partial charge in [-0.15, -0.1) is 11.3 Å². The first-order valence-corrected chi connectivity index (χ1v) is 6.98. The first-order chi connectivity index (χ1) is 9.19. The van der Waals surface area contributed by atoms with Crippen LogP contribution in [0.3, 0.4) is 0 Å². The SMILES string of the molecule is CCCNc1ncc(F)c(NCc2csc(C)n2)n1. The van der Waals surface area contributed by atoms with Crippen LogP contribution in [-0.2, 0) is 6.54 Å². The molecule has 19 heavy (non-hydrogen) atoms. The summed E-state index contributed by atoms with van der Waals surface area (Å²) in [4.78, 5) is 12.3. The van der Waals surface area contributed by atoms with Gasteiger partial charge in [0.2, 0.25) is 5.95 Å². The van der Waals surface area contributed by atoms with Crippen molar-refractivity contribution >= 4 is 23.1 Å². The van der Waals surface area contributed by atoms with Crippen LogP contribution in [0.4, 0.5) is 16.2 Å². The van der Waals surface area contributed by atoms with Crippen molar-refractivity contribution in [3.05, 3.63) is 28.1 Å². The first kappa shape index (κ1) is 13.7. The quantitative estimate of drug-likeness (QED) is 0.852. The van der Waals surface area contributed by atoms with Gasteiger partial charge in [-0.2, -0.15) is 4.98 Å². The number of nitrogens with zero attached hydrogens (tertiary/aromatic N) is 3. The molecule has 0 aliphatic carbocycles. The molecule has 0 aliphatic rings. The maximum atomic E-state index is 13.6. The van der Waals surface area contributed by atoms with Crippen LogP contribution in [0.15, 0.2) is 11.6 Å². The van der Waals surface area contributed by atoms with Crippen molar-refractivity contribution in [1.82, 2.24) is 15.0 Å². The summed E-state index contributed by atoms with van der Waals surface area (Å²) in [5.74, 6) is 0.161. The van der Waals surface area contributed by atoms with Crippen LogP contribution in [-0.4, -0.2) is 21.5 Å². The van der Waals surface area contributed by atoms with Crippen molar-refractivity contribution in [2.75, 3.05) is 17.2 Å². The molecule has 2 heterocycles. The Hall–Kier alpha value is -1.76. The van der Waals surface area contributed by atoms with Gasteiger partial charge in [-0.3, -0.25) is 0 Å². The highest BCUT2D eigenvalue weighted by molar-refractivity contribution is 7.09. The average Bonchev–Trinajstić information content (AvgIpc) is 2.82. The third-order valence-electron chi connectivity index (χ3n) is 2.38. The summed E-state index contributed by atoms with van der Waals surface area (Å²) in [6, 6.07) is 0. The van der Waals surface area contributed by atoms with Crippen LogP contribution in [0.25, 0.3) is 0 Å². The number of halogens is 1. The van der Waals surface area contributed by atoms with Gasteiger partial charge in [0.25, 0.3) is 0 Å². The van der Waals surface area contributed by atoms with Gasteiger partial charge >= 0.3 is 0 Å². The highest BCUT2D eigenvalue weighted by atomic mass is 32.1. The summed E-state index contributed by atoms with van der Waals surface area (Å²) in [5.41, 5.74) is 0.878. The van der Waals surface area contributed by atoms with E-state index in [0.717, 1.165) is 23.7 Å². The molecule has 0 radical (unpaired) electrons. The summed E-state index contributed by atoms with van der Waals surface area (Å²) in [6.45, 7) is 5.19. The highest BCUT2D eigenvalue weighted by Gasteiger charge is 2.07. The zero-order chi connectivity index (χ0) is 13.7. The molecule has 0 amide bonds. The highest BCUT2D eigenvalue weighted by Crippen LogP contribution is 2.14. The molecular weight excluding hydrogens is 265 g/mol. The normalized spacial score (nSPS) is 10.5. The number of aryl methyl sites for hydroxylation is 1. The van der Waals surface area contributed by atoms with Crippen molar-refractivity contribution in [2.24, 2.45) is 0 Å². The summed E-state index contributed by atoms with van der Waals surface area (Å²) in [7, 11) is 0. The smallest absolute Gasteiger partial charge is 0.224 e. The Morgan fingerprint density at radius 3 is 2.84 bits per heavy atom. The van der Waals surface area contributed by atoms with E-state index in [1.807, 2.05) is 19.2 Å². The fraction of sp³-hybridized carbons (Fsp3) is 0.417. The molecular formula is C12H16FN5S. The molecule has 2 rings (SSSR count). The fourth-order valence-corrected chi connectivity index (χ4v) is 2.09. The molecule has 0 unspecified atom stereocenters. The standard InChI is InChI=1S/C12H16FN5S/c1-3-4-14-12-16-6-10(13)11(18-12)15-5-9-7-19-8(2)17-9/h6-7H,3-5H2,1-2H3,(H2,14,15,16,18). The molecule has 0 atom stereocenters. The Labute approximate surface area is 115 Å². The van der Waals surface area contributed by atoms with E-state index >= 15 is 0 Å². The third kappa shape index (κ3) is 3.85. The number of nitrogens with one attached hydrogen (secondary N) is 2. The lowest BCUT2D eigenvalue weighted by Crippen LogP contribution is -2.09. The predicted molar refractivity (Wildman–Crippen MR) is 74.9 cm³/mol. The van der Waals surface area contributed by atoms with E-state index in [-0.39, 0.29) is 5.82 Å². The van der Waals surface area contributed by atoms with Gasteiger partial charge in [0.1, 0.15) is 0 Å². The molecule has 2 N–H and O–H groups in total. The number of hydrogen-bond acceptors (Lipinski definition) is 6. The van der Waals surface area contributed by atoms with Crippen molar-refractivity contribution in [2.45, 2.75) is 26.8 Å². The van der Waals surface area contributed by atoms with Gasteiger partial charge in [-0.05, 0) is 13.3 Å². The molecule has 2 aromatic heterocycles. The lowest BCUT2D eigenvalue weighted by atomic mass is 10.4. The van der Waals surface area contributed by atoms with E-state index in [1.54, 1.807) is 11.3 Å². The van der Waals surface area contributed by atoms with E-state index in [1.165, 1.54) is 6.20 Å². The van der Waals surface area contributed by atoms with Crippen molar-refractivity contribution in [3.8, 4) is 0 Å². The topological polar surface area (TPSA) is 62.7 Å². The van der Waals surface area contributed by atoms with Crippen LogP contribution < -0.4 is 10.6 Å². The largest absolute Gasteiger partial charge is 0.362 e. The lowest BCUT2D eigenvalue weighted by molar-refractivity contribution is 0.617. The third-order valence-corrected chi connectivity index (χ3v) is 3.20. The summed E-state index contributed by atoms with van der Waals surface area (Å²) >= 11 is 1.57. The minimum atomic E-state index is -0.464. The number of rotatable bonds is 6. The molecule has 102 valence electrons. The number of thiazole rings is 1. The van der Waals surface area contributed by atoms with Crippen molar-refractivity contribution < 1.29 is 4.39 Å². The summed E-state index contributed by atoms with van der Waals surface area (Å²) in [6.07, 6.45) is 2.13. The van der Waals surface area contributed by atoms with Crippen molar-refractivity contribution in [1.29, 1.82) is 0 Å². The van der Waals surface area contributed by atoms with E-state index in [2.05, 4.69) is 25.6 Å². The van der Waals surface area contributed by atoms with Crippen LogP contribution in [0, 0.1) is 12.7 Å². The number of anilines is 2. The average molecular weight is 281 g/mol.